The molecule has 0 heterocycles. The number of aromatic carboxylic acids is 1. The molecule has 0 saturated carbocycles. The van der Waals surface area contributed by atoms with Crippen molar-refractivity contribution in [2.45, 2.75) is 0 Å². The number of carbonyl (C=O) groups is 1. The van der Waals surface area contributed by atoms with Gasteiger partial charge in [0.05, 0.1) is 0 Å². The highest BCUT2D eigenvalue weighted by atomic mass is 19.1. The molecule has 1 N–H and O–H groups in total. The number of hydrogen-bond donors (Lipinski definition) is 1. The Morgan fingerprint density at radius 2 is 2.00 bits per heavy atom. The predicted molar refractivity (Wildman–Crippen MR) is 62.4 cm³/mol. The van der Waals surface area contributed by atoms with Gasteiger partial charge in [0.15, 0.2) is 0 Å². The first-order valence-electron chi connectivity index (χ1n) is 5.18. The van der Waals surface area contributed by atoms with Gasteiger partial charge >= 0.3 is 5.97 Å². The number of rotatable bonds is 4. The summed E-state index contributed by atoms with van der Waals surface area (Å²) >= 11 is 0. The Morgan fingerprint density at radius 3 is 2.71 bits per heavy atom. The number of carboxylic acid groups (broad SMARTS) is 1. The molecule has 0 spiro atoms. The summed E-state index contributed by atoms with van der Waals surface area (Å²) in [6.45, 7) is -0.787. The lowest BCUT2D eigenvalue weighted by molar-refractivity contribution is 0.0694. The van der Waals surface area contributed by atoms with Gasteiger partial charge in [0.1, 0.15) is 24.6 Å². The Kier molecular flexibility index (Phi) is 3.23. The van der Waals surface area contributed by atoms with Crippen LogP contribution in [-0.2, 0) is 0 Å². The highest BCUT2D eigenvalue weighted by Crippen LogP contribution is 2.28. The molecular formula is C13H11FO3. The van der Waals surface area contributed by atoms with Crippen molar-refractivity contribution in [2.75, 3.05) is 13.3 Å². The number of benzene rings is 2. The molecule has 0 aliphatic rings. The van der Waals surface area contributed by atoms with E-state index in [0.717, 1.165) is 5.39 Å². The lowest BCUT2D eigenvalue weighted by atomic mass is 10.0. The summed E-state index contributed by atoms with van der Waals surface area (Å²) in [4.78, 5) is 11.2. The van der Waals surface area contributed by atoms with Gasteiger partial charge in [-0.1, -0.05) is 30.3 Å². The van der Waals surface area contributed by atoms with Gasteiger partial charge in [0, 0.05) is 0 Å². The molecule has 0 amide bonds. The summed E-state index contributed by atoms with van der Waals surface area (Å²) in [5.41, 5.74) is 0.0801. The van der Waals surface area contributed by atoms with Crippen LogP contribution in [0.1, 0.15) is 10.4 Å². The van der Waals surface area contributed by atoms with Crippen LogP contribution in [0, 0.1) is 0 Å². The molecular weight excluding hydrogens is 223 g/mol. The standard InChI is InChI=1S/C13H11FO3/c14-7-8-17-11-6-5-9-3-1-2-4-10(9)12(11)13(15)16/h1-6H,7-8H2,(H,15,16). The average Bonchev–Trinajstić information content (AvgIpc) is 2.35. The van der Waals surface area contributed by atoms with Crippen LogP contribution in [0.3, 0.4) is 0 Å². The molecule has 0 saturated heterocycles. The molecule has 3 nitrogen and oxygen atoms in total. The Balaban J connectivity index is 2.60. The fraction of sp³-hybridized carbons (Fsp3) is 0.154. The minimum Gasteiger partial charge on any atom is -0.490 e. The summed E-state index contributed by atoms with van der Waals surface area (Å²) in [5.74, 6) is -0.871. The molecule has 0 aliphatic carbocycles. The molecule has 2 aromatic rings. The first-order chi connectivity index (χ1) is 8.24. The van der Waals surface area contributed by atoms with E-state index in [1.807, 2.05) is 12.1 Å². The van der Waals surface area contributed by atoms with Gasteiger partial charge in [0.25, 0.3) is 0 Å². The number of hydrogen-bond acceptors (Lipinski definition) is 2. The smallest absolute Gasteiger partial charge is 0.340 e. The highest BCUT2D eigenvalue weighted by Gasteiger charge is 2.15. The predicted octanol–water partition coefficient (Wildman–Crippen LogP) is 2.89. The second-order valence-corrected chi connectivity index (χ2v) is 3.50. The van der Waals surface area contributed by atoms with Crippen molar-refractivity contribution in [1.82, 2.24) is 0 Å². The first-order valence-corrected chi connectivity index (χ1v) is 5.18. The quantitative estimate of drug-likeness (QED) is 0.884. The molecule has 88 valence electrons. The van der Waals surface area contributed by atoms with E-state index in [4.69, 9.17) is 4.74 Å². The van der Waals surface area contributed by atoms with Gasteiger partial charge in [-0.25, -0.2) is 9.18 Å². The van der Waals surface area contributed by atoms with Crippen molar-refractivity contribution in [1.29, 1.82) is 0 Å². The molecule has 0 aromatic heterocycles. The summed E-state index contributed by atoms with van der Waals surface area (Å²) in [6.07, 6.45) is 0. The van der Waals surface area contributed by atoms with Gasteiger partial charge in [0.2, 0.25) is 0 Å². The molecule has 0 bridgehead atoms. The van der Waals surface area contributed by atoms with Crippen LogP contribution in [0.4, 0.5) is 4.39 Å². The van der Waals surface area contributed by atoms with E-state index < -0.39 is 12.6 Å². The van der Waals surface area contributed by atoms with Crippen LogP contribution >= 0.6 is 0 Å². The van der Waals surface area contributed by atoms with Gasteiger partial charge in [-0.3, -0.25) is 0 Å². The third-order valence-electron chi connectivity index (χ3n) is 2.44. The first kappa shape index (κ1) is 11.4. The van der Waals surface area contributed by atoms with Crippen molar-refractivity contribution < 1.29 is 19.0 Å². The minimum atomic E-state index is -1.07. The maximum atomic E-state index is 12.1. The molecule has 0 atom stereocenters. The Labute approximate surface area is 97.4 Å². The van der Waals surface area contributed by atoms with Gasteiger partial charge in [-0.15, -0.1) is 0 Å². The number of carboxylic acids is 1. The van der Waals surface area contributed by atoms with Crippen LogP contribution in [0.2, 0.25) is 0 Å². The van der Waals surface area contributed by atoms with Crippen LogP contribution in [0.5, 0.6) is 5.75 Å². The van der Waals surface area contributed by atoms with Crippen molar-refractivity contribution in [3.05, 3.63) is 42.0 Å². The van der Waals surface area contributed by atoms with Crippen molar-refractivity contribution in [2.24, 2.45) is 0 Å². The molecule has 0 unspecified atom stereocenters. The van der Waals surface area contributed by atoms with Crippen LogP contribution < -0.4 is 4.74 Å². The molecule has 0 aliphatic heterocycles. The summed E-state index contributed by atoms with van der Waals surface area (Å²) in [7, 11) is 0. The summed E-state index contributed by atoms with van der Waals surface area (Å²) in [5, 5.41) is 10.6. The Hall–Kier alpha value is -2.10. The van der Waals surface area contributed by atoms with Crippen molar-refractivity contribution >= 4 is 16.7 Å². The second-order valence-electron chi connectivity index (χ2n) is 3.50. The van der Waals surface area contributed by atoms with E-state index in [2.05, 4.69) is 0 Å². The molecule has 0 fully saturated rings. The van der Waals surface area contributed by atoms with Gasteiger partial charge in [-0.2, -0.15) is 0 Å². The van der Waals surface area contributed by atoms with E-state index >= 15 is 0 Å². The van der Waals surface area contributed by atoms with E-state index in [1.54, 1.807) is 24.3 Å². The maximum Gasteiger partial charge on any atom is 0.340 e. The number of alkyl halides is 1. The molecule has 2 aromatic carbocycles. The largest absolute Gasteiger partial charge is 0.490 e. The minimum absolute atomic E-state index is 0.0801. The second kappa shape index (κ2) is 4.82. The zero-order valence-corrected chi connectivity index (χ0v) is 9.02. The highest BCUT2D eigenvalue weighted by molar-refractivity contribution is 6.06. The Bertz CT molecular complexity index is 551. The number of halogens is 1. The van der Waals surface area contributed by atoms with E-state index in [1.165, 1.54) is 0 Å². The van der Waals surface area contributed by atoms with E-state index in [0.29, 0.717) is 5.39 Å². The molecule has 0 radical (unpaired) electrons. The summed E-state index contributed by atoms with van der Waals surface area (Å²) in [6, 6.07) is 10.4. The Morgan fingerprint density at radius 1 is 1.24 bits per heavy atom. The monoisotopic (exact) mass is 234 g/mol. The molecule has 4 heteroatoms. The lowest BCUT2D eigenvalue weighted by Crippen LogP contribution is -2.06. The fourth-order valence-corrected chi connectivity index (χ4v) is 1.74. The number of ether oxygens (including phenoxy) is 1. The lowest BCUT2D eigenvalue weighted by Gasteiger charge is -2.10. The van der Waals surface area contributed by atoms with Crippen LogP contribution in [0.15, 0.2) is 36.4 Å². The zero-order valence-electron chi connectivity index (χ0n) is 9.02. The van der Waals surface area contributed by atoms with Gasteiger partial charge in [-0.05, 0) is 16.8 Å². The fourth-order valence-electron chi connectivity index (χ4n) is 1.74. The third-order valence-corrected chi connectivity index (χ3v) is 2.44. The van der Waals surface area contributed by atoms with Crippen LogP contribution in [0.25, 0.3) is 10.8 Å². The van der Waals surface area contributed by atoms with Crippen LogP contribution in [-0.4, -0.2) is 24.4 Å². The van der Waals surface area contributed by atoms with Gasteiger partial charge < -0.3 is 9.84 Å². The number of fused-ring (bicyclic) bond motifs is 1. The normalized spacial score (nSPS) is 10.4. The zero-order chi connectivity index (χ0) is 12.3. The average molecular weight is 234 g/mol. The maximum absolute atomic E-state index is 12.1. The van der Waals surface area contributed by atoms with E-state index in [-0.39, 0.29) is 17.9 Å². The molecule has 17 heavy (non-hydrogen) atoms. The van der Waals surface area contributed by atoms with Crippen molar-refractivity contribution in [3.8, 4) is 5.75 Å². The molecule has 2 rings (SSSR count). The topological polar surface area (TPSA) is 46.5 Å². The summed E-state index contributed by atoms with van der Waals surface area (Å²) < 4.78 is 17.2. The SMILES string of the molecule is O=C(O)c1c(OCCF)ccc2ccccc12. The van der Waals surface area contributed by atoms with Crippen molar-refractivity contribution in [3.63, 3.8) is 0 Å². The van der Waals surface area contributed by atoms with E-state index in [9.17, 15) is 14.3 Å². The third kappa shape index (κ3) is 2.20.